The summed E-state index contributed by atoms with van der Waals surface area (Å²) in [6.45, 7) is 4.73. The maximum Gasteiger partial charge on any atom is 0.338 e. The van der Waals surface area contributed by atoms with E-state index in [0.29, 0.717) is 40.9 Å². The van der Waals surface area contributed by atoms with Crippen LogP contribution in [0.25, 0.3) is 0 Å². The zero-order chi connectivity index (χ0) is 27.9. The molecule has 0 aliphatic carbocycles. The minimum absolute atomic E-state index is 0.114. The highest BCUT2D eigenvalue weighted by atomic mass is 35.5. The van der Waals surface area contributed by atoms with E-state index in [4.69, 9.17) is 33.3 Å². The third-order valence-electron chi connectivity index (χ3n) is 6.05. The van der Waals surface area contributed by atoms with Crippen molar-refractivity contribution in [2.75, 3.05) is 23.4 Å². The van der Waals surface area contributed by atoms with Gasteiger partial charge in [-0.2, -0.15) is 0 Å². The summed E-state index contributed by atoms with van der Waals surface area (Å²) in [5.41, 5.74) is 2.33. The number of halogens is 1. The lowest BCUT2D eigenvalue weighted by atomic mass is 10.1. The summed E-state index contributed by atoms with van der Waals surface area (Å²) in [5, 5.41) is 3.70. The number of ether oxygens (including phenoxy) is 2. The lowest BCUT2D eigenvalue weighted by Gasteiger charge is -2.24. The lowest BCUT2D eigenvalue weighted by Crippen LogP contribution is -2.37. The van der Waals surface area contributed by atoms with Crippen molar-refractivity contribution in [1.29, 1.82) is 0 Å². The molecule has 1 aliphatic rings. The van der Waals surface area contributed by atoms with Gasteiger partial charge >= 0.3 is 5.97 Å². The minimum atomic E-state index is -0.833. The highest BCUT2D eigenvalue weighted by Crippen LogP contribution is 2.30. The Morgan fingerprint density at radius 3 is 2.23 bits per heavy atom. The molecule has 0 bridgehead atoms. The summed E-state index contributed by atoms with van der Waals surface area (Å²) in [7, 11) is 0. The van der Waals surface area contributed by atoms with Crippen molar-refractivity contribution in [1.82, 2.24) is 4.90 Å². The molecule has 0 spiro atoms. The van der Waals surface area contributed by atoms with Gasteiger partial charge in [0.2, 0.25) is 5.91 Å². The van der Waals surface area contributed by atoms with Crippen LogP contribution >= 0.6 is 23.8 Å². The molecule has 1 atom stereocenters. The molecular formula is C29H28ClN3O5S. The van der Waals surface area contributed by atoms with Crippen molar-refractivity contribution in [3.05, 3.63) is 88.9 Å². The first-order valence-corrected chi connectivity index (χ1v) is 13.3. The largest absolute Gasteiger partial charge is 0.494 e. The number of carbonyl (C=O) groups is 3. The molecule has 3 aromatic carbocycles. The second-order valence-corrected chi connectivity index (χ2v) is 9.51. The Hall–Kier alpha value is -3.95. The van der Waals surface area contributed by atoms with E-state index in [1.54, 1.807) is 72.5 Å². The fourth-order valence-electron chi connectivity index (χ4n) is 4.19. The number of hydrogen-bond acceptors (Lipinski definition) is 6. The maximum atomic E-state index is 13.7. The maximum absolute atomic E-state index is 13.7. The van der Waals surface area contributed by atoms with Crippen molar-refractivity contribution in [3.63, 3.8) is 0 Å². The first-order valence-electron chi connectivity index (χ1n) is 12.5. The van der Waals surface area contributed by atoms with Crippen molar-refractivity contribution >= 4 is 58.1 Å². The average molecular weight is 566 g/mol. The average Bonchev–Trinajstić information content (AvgIpc) is 3.15. The van der Waals surface area contributed by atoms with E-state index in [-0.39, 0.29) is 30.0 Å². The van der Waals surface area contributed by atoms with E-state index < -0.39 is 12.0 Å². The lowest BCUT2D eigenvalue weighted by molar-refractivity contribution is -0.124. The third kappa shape index (κ3) is 6.74. The molecule has 202 valence electrons. The molecule has 1 N–H and O–H groups in total. The number of amides is 2. The number of nitrogens with one attached hydrogen (secondary N) is 1. The van der Waals surface area contributed by atoms with Gasteiger partial charge in [-0.05, 0) is 92.3 Å². The van der Waals surface area contributed by atoms with E-state index in [0.717, 1.165) is 5.56 Å². The quantitative estimate of drug-likeness (QED) is 0.258. The van der Waals surface area contributed by atoms with E-state index in [1.165, 1.54) is 4.90 Å². The monoisotopic (exact) mass is 565 g/mol. The molecule has 0 aromatic heterocycles. The Morgan fingerprint density at radius 1 is 0.949 bits per heavy atom. The Balaban J connectivity index is 1.56. The van der Waals surface area contributed by atoms with Crippen molar-refractivity contribution < 1.29 is 23.9 Å². The topological polar surface area (TPSA) is 88.2 Å². The summed E-state index contributed by atoms with van der Waals surface area (Å²) in [4.78, 5) is 41.9. The van der Waals surface area contributed by atoms with Gasteiger partial charge in [0.1, 0.15) is 11.8 Å². The molecule has 1 saturated heterocycles. The fourth-order valence-corrected chi connectivity index (χ4v) is 4.70. The van der Waals surface area contributed by atoms with E-state index in [9.17, 15) is 14.4 Å². The molecule has 2 amide bonds. The molecule has 8 nitrogen and oxygen atoms in total. The van der Waals surface area contributed by atoms with E-state index in [1.807, 2.05) is 19.1 Å². The third-order valence-corrected chi connectivity index (χ3v) is 6.72. The van der Waals surface area contributed by atoms with Gasteiger partial charge in [0.15, 0.2) is 5.11 Å². The van der Waals surface area contributed by atoms with Crippen molar-refractivity contribution in [3.8, 4) is 5.75 Å². The Kier molecular flexibility index (Phi) is 9.16. The Morgan fingerprint density at radius 2 is 1.62 bits per heavy atom. The standard InChI is InChI=1S/C29H28ClN3O5S/c1-3-37-24-15-11-22(12-16-24)31-26(34)17-25-27(35)33(23-13-7-20(8-14-23)28(36)38-4-2)29(39)32(25)18-19-5-9-21(30)10-6-19/h5-16,25H,3-4,17-18H2,1-2H3,(H,31,34). The Bertz CT molecular complexity index is 1350. The summed E-state index contributed by atoms with van der Waals surface area (Å²) in [6, 6.07) is 19.9. The van der Waals surface area contributed by atoms with Crippen LogP contribution in [0.15, 0.2) is 72.8 Å². The van der Waals surface area contributed by atoms with Crippen LogP contribution in [0.5, 0.6) is 5.75 Å². The molecule has 0 radical (unpaired) electrons. The number of rotatable bonds is 10. The zero-order valence-electron chi connectivity index (χ0n) is 21.6. The van der Waals surface area contributed by atoms with Crippen LogP contribution in [0, 0.1) is 0 Å². The van der Waals surface area contributed by atoms with Gasteiger partial charge in [-0.25, -0.2) is 4.79 Å². The second kappa shape index (κ2) is 12.7. The van der Waals surface area contributed by atoms with Crippen LogP contribution in [-0.4, -0.2) is 47.1 Å². The van der Waals surface area contributed by atoms with Gasteiger partial charge < -0.3 is 19.7 Å². The van der Waals surface area contributed by atoms with E-state index >= 15 is 0 Å². The van der Waals surface area contributed by atoms with Gasteiger partial charge in [0, 0.05) is 17.3 Å². The molecule has 1 unspecified atom stereocenters. The smallest absolute Gasteiger partial charge is 0.338 e. The number of hydrogen-bond donors (Lipinski definition) is 1. The summed E-state index contributed by atoms with van der Waals surface area (Å²) < 4.78 is 10.5. The number of benzene rings is 3. The molecule has 10 heteroatoms. The van der Waals surface area contributed by atoms with Gasteiger partial charge in [0.25, 0.3) is 5.91 Å². The fraction of sp³-hybridized carbons (Fsp3) is 0.241. The van der Waals surface area contributed by atoms with Crippen LogP contribution in [0.1, 0.15) is 36.2 Å². The number of thiocarbonyl (C=S) groups is 1. The molecular weight excluding hydrogens is 538 g/mol. The van der Waals surface area contributed by atoms with Gasteiger partial charge in [0.05, 0.1) is 30.9 Å². The number of nitrogens with zero attached hydrogens (tertiary/aromatic N) is 2. The predicted molar refractivity (Wildman–Crippen MR) is 154 cm³/mol. The van der Waals surface area contributed by atoms with Crippen molar-refractivity contribution in [2.45, 2.75) is 32.9 Å². The highest BCUT2D eigenvalue weighted by Gasteiger charge is 2.44. The molecule has 1 heterocycles. The molecule has 0 saturated carbocycles. The van der Waals surface area contributed by atoms with Crippen LogP contribution < -0.4 is 15.0 Å². The molecule has 39 heavy (non-hydrogen) atoms. The number of anilines is 2. The van der Waals surface area contributed by atoms with Crippen LogP contribution in [0.2, 0.25) is 5.02 Å². The minimum Gasteiger partial charge on any atom is -0.494 e. The molecule has 3 aromatic rings. The normalized spacial score (nSPS) is 14.9. The van der Waals surface area contributed by atoms with Crippen LogP contribution in [-0.2, 0) is 20.9 Å². The summed E-state index contributed by atoms with van der Waals surface area (Å²) >= 11 is 11.8. The SMILES string of the molecule is CCOC(=O)c1ccc(N2C(=O)C(CC(=O)Nc3ccc(OCC)cc3)N(Cc3ccc(Cl)cc3)C2=S)cc1. The first-order chi connectivity index (χ1) is 18.8. The predicted octanol–water partition coefficient (Wildman–Crippen LogP) is 5.45. The van der Waals surface area contributed by atoms with Crippen molar-refractivity contribution in [2.24, 2.45) is 0 Å². The van der Waals surface area contributed by atoms with Gasteiger partial charge in [-0.15, -0.1) is 0 Å². The Labute approximate surface area is 237 Å². The molecule has 4 rings (SSSR count). The zero-order valence-corrected chi connectivity index (χ0v) is 23.1. The number of carbonyl (C=O) groups excluding carboxylic acids is 3. The van der Waals surface area contributed by atoms with Gasteiger partial charge in [-0.1, -0.05) is 23.7 Å². The summed E-state index contributed by atoms with van der Waals surface area (Å²) in [6.07, 6.45) is -0.114. The highest BCUT2D eigenvalue weighted by molar-refractivity contribution is 7.80. The molecule has 1 aliphatic heterocycles. The molecule has 1 fully saturated rings. The summed E-state index contributed by atoms with van der Waals surface area (Å²) in [5.74, 6) is -0.418. The first kappa shape index (κ1) is 28.1. The van der Waals surface area contributed by atoms with E-state index in [2.05, 4.69) is 5.32 Å². The number of esters is 1. The van der Waals surface area contributed by atoms with Crippen LogP contribution in [0.4, 0.5) is 11.4 Å². The second-order valence-electron chi connectivity index (χ2n) is 8.70. The van der Waals surface area contributed by atoms with Crippen LogP contribution in [0.3, 0.4) is 0 Å². The van der Waals surface area contributed by atoms with Gasteiger partial charge in [-0.3, -0.25) is 14.5 Å².